The molecule has 0 saturated heterocycles. The Morgan fingerprint density at radius 2 is 1.92 bits per heavy atom. The van der Waals surface area contributed by atoms with E-state index in [1.54, 1.807) is 42.3 Å². The standard InChI is InChI=1S/C26H20ClN7O3S/c1-13-7-16(17-8-14(27)3-6-21(17)37-2)18(10-28-13)24(36)33-26-32-23-25(38-26)31-20(11-29-23)19-9-22(35)34(12-30-19)15-4-5-15/h3,6-12,15H,4-5H2,1-2H3,(H,29,32,33,36). The highest BCUT2D eigenvalue weighted by atomic mass is 35.5. The Kier molecular flexibility index (Phi) is 6.09. The lowest BCUT2D eigenvalue weighted by Gasteiger charge is -2.13. The zero-order valence-corrected chi connectivity index (χ0v) is 21.9. The third-order valence-electron chi connectivity index (χ3n) is 6.12. The van der Waals surface area contributed by atoms with Gasteiger partial charge >= 0.3 is 0 Å². The van der Waals surface area contributed by atoms with Crippen molar-refractivity contribution in [3.05, 3.63) is 75.7 Å². The number of carbonyl (C=O) groups excluding carboxylic acids is 1. The second-order valence-electron chi connectivity index (χ2n) is 8.82. The van der Waals surface area contributed by atoms with Crippen LogP contribution in [0.4, 0.5) is 5.13 Å². The van der Waals surface area contributed by atoms with E-state index in [0.717, 1.165) is 18.5 Å². The van der Waals surface area contributed by atoms with Crippen molar-refractivity contribution in [3.8, 4) is 28.3 Å². The Morgan fingerprint density at radius 1 is 1.08 bits per heavy atom. The minimum atomic E-state index is -0.404. The van der Waals surface area contributed by atoms with Crippen LogP contribution in [0.2, 0.25) is 5.02 Å². The van der Waals surface area contributed by atoms with E-state index in [4.69, 9.17) is 16.3 Å². The number of rotatable bonds is 6. The van der Waals surface area contributed by atoms with Crippen molar-refractivity contribution in [3.63, 3.8) is 0 Å². The summed E-state index contributed by atoms with van der Waals surface area (Å²) >= 11 is 7.42. The fourth-order valence-electron chi connectivity index (χ4n) is 4.09. The Labute approximate surface area is 225 Å². The number of pyridine rings is 1. The quantitative estimate of drug-likeness (QED) is 0.318. The van der Waals surface area contributed by atoms with Crippen molar-refractivity contribution in [2.75, 3.05) is 12.4 Å². The van der Waals surface area contributed by atoms with Gasteiger partial charge in [0.1, 0.15) is 11.4 Å². The lowest BCUT2D eigenvalue weighted by atomic mass is 9.99. The van der Waals surface area contributed by atoms with Crippen LogP contribution >= 0.6 is 22.9 Å². The number of hydrogen-bond acceptors (Lipinski definition) is 9. The Hall–Kier alpha value is -4.22. The molecule has 1 aromatic carbocycles. The molecule has 4 heterocycles. The van der Waals surface area contributed by atoms with Gasteiger partial charge in [-0.3, -0.25) is 24.5 Å². The predicted molar refractivity (Wildman–Crippen MR) is 145 cm³/mol. The van der Waals surface area contributed by atoms with Crippen molar-refractivity contribution in [1.82, 2.24) is 29.5 Å². The maximum absolute atomic E-state index is 13.4. The molecule has 4 aromatic heterocycles. The van der Waals surface area contributed by atoms with E-state index in [-0.39, 0.29) is 11.6 Å². The molecule has 0 radical (unpaired) electrons. The number of carbonyl (C=O) groups is 1. The second-order valence-corrected chi connectivity index (χ2v) is 10.2. The molecule has 38 heavy (non-hydrogen) atoms. The smallest absolute Gasteiger partial charge is 0.259 e. The van der Waals surface area contributed by atoms with Crippen molar-refractivity contribution >= 4 is 44.5 Å². The molecule has 0 bridgehead atoms. The molecule has 1 saturated carbocycles. The van der Waals surface area contributed by atoms with Gasteiger partial charge in [0.15, 0.2) is 15.6 Å². The number of thiazole rings is 1. The molecule has 1 amide bonds. The summed E-state index contributed by atoms with van der Waals surface area (Å²) < 4.78 is 7.14. The molecule has 190 valence electrons. The molecule has 1 N–H and O–H groups in total. The van der Waals surface area contributed by atoms with E-state index >= 15 is 0 Å². The number of methoxy groups -OCH3 is 1. The van der Waals surface area contributed by atoms with Crippen LogP contribution in [0.25, 0.3) is 33.0 Å². The van der Waals surface area contributed by atoms with Crippen LogP contribution in [-0.2, 0) is 0 Å². The number of amides is 1. The van der Waals surface area contributed by atoms with Crippen molar-refractivity contribution in [1.29, 1.82) is 0 Å². The molecule has 6 rings (SSSR count). The molecule has 0 unspecified atom stereocenters. The van der Waals surface area contributed by atoms with Gasteiger partial charge in [-0.15, -0.1) is 0 Å². The summed E-state index contributed by atoms with van der Waals surface area (Å²) in [4.78, 5) is 48.3. The number of aryl methyl sites for hydroxylation is 1. The van der Waals surface area contributed by atoms with Crippen LogP contribution in [0, 0.1) is 6.92 Å². The summed E-state index contributed by atoms with van der Waals surface area (Å²) in [5, 5.41) is 3.67. The maximum Gasteiger partial charge on any atom is 0.259 e. The molecule has 5 aromatic rings. The molecule has 0 aliphatic heterocycles. The monoisotopic (exact) mass is 545 g/mol. The molecule has 1 aliphatic carbocycles. The van der Waals surface area contributed by atoms with Gasteiger partial charge in [0.2, 0.25) is 0 Å². The number of halogens is 1. The van der Waals surface area contributed by atoms with Crippen molar-refractivity contribution in [2.45, 2.75) is 25.8 Å². The zero-order chi connectivity index (χ0) is 26.4. The topological polar surface area (TPSA) is 125 Å². The Bertz CT molecular complexity index is 1780. The average molecular weight is 546 g/mol. The normalized spacial score (nSPS) is 13.0. The summed E-state index contributed by atoms with van der Waals surface area (Å²) in [5.74, 6) is 0.174. The van der Waals surface area contributed by atoms with Gasteiger partial charge in [-0.25, -0.2) is 15.0 Å². The second kappa shape index (κ2) is 9.58. The van der Waals surface area contributed by atoms with Gasteiger partial charge in [-0.2, -0.15) is 4.98 Å². The maximum atomic E-state index is 13.4. The highest BCUT2D eigenvalue weighted by molar-refractivity contribution is 7.21. The molecule has 0 atom stereocenters. The summed E-state index contributed by atoms with van der Waals surface area (Å²) in [6.45, 7) is 1.84. The van der Waals surface area contributed by atoms with E-state index < -0.39 is 5.91 Å². The average Bonchev–Trinajstić information content (AvgIpc) is 3.67. The van der Waals surface area contributed by atoms with Crippen molar-refractivity contribution < 1.29 is 9.53 Å². The fourth-order valence-corrected chi connectivity index (χ4v) is 5.06. The summed E-state index contributed by atoms with van der Waals surface area (Å²) in [7, 11) is 1.56. The number of aromatic nitrogens is 6. The minimum absolute atomic E-state index is 0.115. The first kappa shape index (κ1) is 24.1. The molecular formula is C26H20ClN7O3S. The fraction of sp³-hybridized carbons (Fsp3) is 0.192. The van der Waals surface area contributed by atoms with Crippen LogP contribution < -0.4 is 15.6 Å². The molecular weight excluding hydrogens is 526 g/mol. The molecule has 1 fully saturated rings. The van der Waals surface area contributed by atoms with Crippen molar-refractivity contribution in [2.24, 2.45) is 0 Å². The molecule has 0 spiro atoms. The predicted octanol–water partition coefficient (Wildman–Crippen LogP) is 4.93. The third-order valence-corrected chi connectivity index (χ3v) is 7.21. The van der Waals surface area contributed by atoms with Crippen LogP contribution in [0.15, 0.2) is 53.8 Å². The summed E-state index contributed by atoms with van der Waals surface area (Å²) in [6, 6.07) is 8.74. The number of ether oxygens (including phenoxy) is 1. The highest BCUT2D eigenvalue weighted by Gasteiger charge is 2.25. The van der Waals surface area contributed by atoms with Crippen LogP contribution in [0.3, 0.4) is 0 Å². The number of nitrogens with one attached hydrogen (secondary N) is 1. The SMILES string of the molecule is COc1ccc(Cl)cc1-c1cc(C)ncc1C(=O)Nc1nc2ncc(-c3cc(=O)n(C4CC4)cn3)nc2s1. The van der Waals surface area contributed by atoms with Crippen LogP contribution in [-0.4, -0.2) is 42.5 Å². The molecule has 12 heteroatoms. The van der Waals surface area contributed by atoms with E-state index in [1.165, 1.54) is 29.8 Å². The van der Waals surface area contributed by atoms with Gasteiger partial charge in [-0.05, 0) is 44.0 Å². The lowest BCUT2D eigenvalue weighted by molar-refractivity contribution is 0.102. The van der Waals surface area contributed by atoms with E-state index in [9.17, 15) is 9.59 Å². The van der Waals surface area contributed by atoms with Crippen LogP contribution in [0.5, 0.6) is 5.75 Å². The van der Waals surface area contributed by atoms with Gasteiger partial charge in [-0.1, -0.05) is 22.9 Å². The first-order valence-electron chi connectivity index (χ1n) is 11.7. The number of benzene rings is 1. The van der Waals surface area contributed by atoms with E-state index in [0.29, 0.717) is 54.5 Å². The van der Waals surface area contributed by atoms with Gasteiger partial charge in [0, 0.05) is 40.1 Å². The Morgan fingerprint density at radius 3 is 2.68 bits per heavy atom. The summed E-state index contributed by atoms with van der Waals surface area (Å²) in [5.41, 5.74) is 3.51. The number of fused-ring (bicyclic) bond motifs is 1. The first-order valence-corrected chi connectivity index (χ1v) is 12.9. The molecule has 10 nitrogen and oxygen atoms in total. The van der Waals surface area contributed by atoms with E-state index in [2.05, 4.69) is 30.2 Å². The largest absolute Gasteiger partial charge is 0.496 e. The number of hydrogen-bond donors (Lipinski definition) is 1. The third kappa shape index (κ3) is 4.61. The highest BCUT2D eigenvalue weighted by Crippen LogP contribution is 2.36. The van der Waals surface area contributed by atoms with Gasteiger partial charge in [0.05, 0.1) is 30.9 Å². The summed E-state index contributed by atoms with van der Waals surface area (Å²) in [6.07, 6.45) is 6.58. The molecule has 1 aliphatic rings. The van der Waals surface area contributed by atoms with Crippen LogP contribution in [0.1, 0.15) is 34.9 Å². The van der Waals surface area contributed by atoms with E-state index in [1.807, 2.05) is 6.92 Å². The van der Waals surface area contributed by atoms with Gasteiger partial charge < -0.3 is 4.74 Å². The zero-order valence-electron chi connectivity index (χ0n) is 20.3. The lowest BCUT2D eigenvalue weighted by Crippen LogP contribution is -2.18. The van der Waals surface area contributed by atoms with Gasteiger partial charge in [0.25, 0.3) is 11.5 Å². The number of nitrogens with zero attached hydrogens (tertiary/aromatic N) is 6. The number of anilines is 1. The Balaban J connectivity index is 1.30. The first-order chi connectivity index (χ1) is 18.4. The minimum Gasteiger partial charge on any atom is -0.496 e.